The van der Waals surface area contributed by atoms with Crippen LogP contribution < -0.4 is 11.1 Å². The Bertz CT molecular complexity index is 962. The first-order chi connectivity index (χ1) is 13.9. The van der Waals surface area contributed by atoms with Crippen molar-refractivity contribution < 1.29 is 19.2 Å². The van der Waals surface area contributed by atoms with Gasteiger partial charge in [0, 0.05) is 23.9 Å². The predicted octanol–water partition coefficient (Wildman–Crippen LogP) is 2.04. The molecular weight excluding hydrogens is 438 g/mol. The Hall–Kier alpha value is -3.00. The third-order valence-corrected chi connectivity index (χ3v) is 5.17. The van der Waals surface area contributed by atoms with E-state index < -0.39 is 11.9 Å². The second-order valence-electron chi connectivity index (χ2n) is 6.77. The van der Waals surface area contributed by atoms with Gasteiger partial charge in [0.25, 0.3) is 11.8 Å². The van der Waals surface area contributed by atoms with Gasteiger partial charge in [-0.15, -0.1) is 0 Å². The topological polar surface area (TPSA) is 110 Å². The average Bonchev–Trinajstić information content (AvgIpc) is 2.92. The number of benzene rings is 2. The van der Waals surface area contributed by atoms with E-state index in [0.29, 0.717) is 17.5 Å². The molecule has 3 rings (SSSR count). The predicted molar refractivity (Wildman–Crippen MR) is 110 cm³/mol. The van der Waals surface area contributed by atoms with Crippen molar-refractivity contribution in [1.29, 1.82) is 0 Å². The van der Waals surface area contributed by atoms with Crippen LogP contribution in [0.25, 0.3) is 0 Å². The Kier molecular flexibility index (Phi) is 6.43. The summed E-state index contributed by atoms with van der Waals surface area (Å²) < 4.78 is 0.717. The van der Waals surface area contributed by atoms with E-state index in [4.69, 9.17) is 5.73 Å². The molecule has 4 amide bonds. The van der Waals surface area contributed by atoms with Gasteiger partial charge in [0.05, 0.1) is 11.1 Å². The molecule has 0 saturated carbocycles. The van der Waals surface area contributed by atoms with Crippen molar-refractivity contribution >= 4 is 39.6 Å². The first kappa shape index (κ1) is 20.7. The maximum atomic E-state index is 12.4. The van der Waals surface area contributed by atoms with E-state index in [9.17, 15) is 19.2 Å². The summed E-state index contributed by atoms with van der Waals surface area (Å²) in [6.45, 7) is 0.122. The van der Waals surface area contributed by atoms with E-state index >= 15 is 0 Å². The summed E-state index contributed by atoms with van der Waals surface area (Å²) in [5.74, 6) is -1.71. The zero-order valence-corrected chi connectivity index (χ0v) is 17.1. The number of nitrogens with two attached hydrogens (primary N) is 1. The van der Waals surface area contributed by atoms with Crippen molar-refractivity contribution in [3.8, 4) is 0 Å². The summed E-state index contributed by atoms with van der Waals surface area (Å²) in [5, 5.41) is 2.63. The number of imide groups is 1. The molecule has 0 fully saturated rings. The molecule has 1 aliphatic rings. The fourth-order valence-electron chi connectivity index (χ4n) is 3.20. The van der Waals surface area contributed by atoms with Gasteiger partial charge in [-0.2, -0.15) is 0 Å². The SMILES string of the molecule is NC(=O)C(Cc1ccccc1)NC(=O)CCCN1C(=O)c2ccc(Br)cc2C1=O. The third kappa shape index (κ3) is 4.89. The molecule has 2 aromatic carbocycles. The molecule has 8 heteroatoms. The molecule has 2 aromatic rings. The van der Waals surface area contributed by atoms with Gasteiger partial charge in [0.15, 0.2) is 0 Å². The second kappa shape index (κ2) is 9.00. The molecule has 0 saturated heterocycles. The number of halogens is 1. The van der Waals surface area contributed by atoms with E-state index in [1.165, 1.54) is 0 Å². The van der Waals surface area contributed by atoms with Crippen molar-refractivity contribution in [2.45, 2.75) is 25.3 Å². The summed E-state index contributed by atoms with van der Waals surface area (Å²) in [6.07, 6.45) is 0.653. The molecule has 1 aliphatic heterocycles. The molecule has 3 N–H and O–H groups in total. The quantitative estimate of drug-likeness (QED) is 0.590. The number of hydrogen-bond acceptors (Lipinski definition) is 4. The number of rotatable bonds is 8. The number of nitrogens with one attached hydrogen (secondary N) is 1. The van der Waals surface area contributed by atoms with Gasteiger partial charge >= 0.3 is 0 Å². The van der Waals surface area contributed by atoms with Gasteiger partial charge < -0.3 is 11.1 Å². The number of hydrogen-bond donors (Lipinski definition) is 2. The third-order valence-electron chi connectivity index (χ3n) is 4.68. The van der Waals surface area contributed by atoms with Gasteiger partial charge in [-0.1, -0.05) is 46.3 Å². The fraction of sp³-hybridized carbons (Fsp3) is 0.238. The van der Waals surface area contributed by atoms with Crippen LogP contribution in [-0.2, 0) is 16.0 Å². The molecule has 1 atom stereocenters. The zero-order valence-electron chi connectivity index (χ0n) is 15.6. The molecule has 0 aliphatic carbocycles. The molecule has 0 bridgehead atoms. The minimum Gasteiger partial charge on any atom is -0.368 e. The lowest BCUT2D eigenvalue weighted by Crippen LogP contribution is -2.46. The van der Waals surface area contributed by atoms with Gasteiger partial charge in [0.2, 0.25) is 11.8 Å². The zero-order chi connectivity index (χ0) is 21.0. The lowest BCUT2D eigenvalue weighted by atomic mass is 10.1. The first-order valence-electron chi connectivity index (χ1n) is 9.15. The van der Waals surface area contributed by atoms with E-state index in [-0.39, 0.29) is 37.1 Å². The normalized spacial score (nSPS) is 13.9. The lowest BCUT2D eigenvalue weighted by Gasteiger charge is -2.17. The van der Waals surface area contributed by atoms with Crippen molar-refractivity contribution in [3.63, 3.8) is 0 Å². The number of nitrogens with zero attached hydrogens (tertiary/aromatic N) is 1. The molecule has 7 nitrogen and oxygen atoms in total. The van der Waals surface area contributed by atoms with Crippen LogP contribution >= 0.6 is 15.9 Å². The average molecular weight is 458 g/mol. The lowest BCUT2D eigenvalue weighted by molar-refractivity contribution is -0.127. The van der Waals surface area contributed by atoms with Crippen LogP contribution in [0.15, 0.2) is 53.0 Å². The largest absolute Gasteiger partial charge is 0.368 e. The molecule has 150 valence electrons. The van der Waals surface area contributed by atoms with Crippen LogP contribution in [0.3, 0.4) is 0 Å². The van der Waals surface area contributed by atoms with E-state index in [1.54, 1.807) is 18.2 Å². The molecule has 0 aromatic heterocycles. The van der Waals surface area contributed by atoms with Crippen molar-refractivity contribution in [2.75, 3.05) is 6.54 Å². The van der Waals surface area contributed by atoms with Crippen LogP contribution in [-0.4, -0.2) is 41.1 Å². The molecule has 1 unspecified atom stereocenters. The van der Waals surface area contributed by atoms with E-state index in [0.717, 1.165) is 14.9 Å². The highest BCUT2D eigenvalue weighted by molar-refractivity contribution is 9.10. The number of fused-ring (bicyclic) bond motifs is 1. The van der Waals surface area contributed by atoms with E-state index in [2.05, 4.69) is 21.2 Å². The van der Waals surface area contributed by atoms with Gasteiger partial charge in [-0.3, -0.25) is 24.1 Å². The Labute approximate surface area is 176 Å². The minimum atomic E-state index is -0.818. The highest BCUT2D eigenvalue weighted by atomic mass is 79.9. The fourth-order valence-corrected chi connectivity index (χ4v) is 3.56. The van der Waals surface area contributed by atoms with Crippen LogP contribution in [0.1, 0.15) is 39.1 Å². The van der Waals surface area contributed by atoms with Crippen molar-refractivity contribution in [1.82, 2.24) is 10.2 Å². The Morgan fingerprint density at radius 3 is 2.41 bits per heavy atom. The van der Waals surface area contributed by atoms with Crippen LogP contribution in [0.2, 0.25) is 0 Å². The second-order valence-corrected chi connectivity index (χ2v) is 7.68. The molecule has 29 heavy (non-hydrogen) atoms. The summed E-state index contributed by atoms with van der Waals surface area (Å²) in [6, 6.07) is 13.4. The van der Waals surface area contributed by atoms with Crippen LogP contribution in [0.5, 0.6) is 0 Å². The summed E-state index contributed by atoms with van der Waals surface area (Å²) in [5.41, 5.74) is 7.00. The van der Waals surface area contributed by atoms with Crippen LogP contribution in [0.4, 0.5) is 0 Å². The minimum absolute atomic E-state index is 0.0651. The van der Waals surface area contributed by atoms with Gasteiger partial charge in [-0.05, 0) is 30.2 Å². The Balaban J connectivity index is 1.52. The number of primary amides is 1. The highest BCUT2D eigenvalue weighted by Crippen LogP contribution is 2.26. The van der Waals surface area contributed by atoms with Crippen molar-refractivity contribution in [2.24, 2.45) is 5.73 Å². The Morgan fingerprint density at radius 1 is 1.03 bits per heavy atom. The molecule has 0 radical (unpaired) electrons. The summed E-state index contributed by atoms with van der Waals surface area (Å²) >= 11 is 3.29. The number of amides is 4. The maximum Gasteiger partial charge on any atom is 0.261 e. The molecular formula is C21H20BrN3O4. The highest BCUT2D eigenvalue weighted by Gasteiger charge is 2.35. The van der Waals surface area contributed by atoms with Crippen molar-refractivity contribution in [3.05, 3.63) is 69.7 Å². The summed E-state index contributed by atoms with van der Waals surface area (Å²) in [4.78, 5) is 49.9. The van der Waals surface area contributed by atoms with Gasteiger partial charge in [-0.25, -0.2) is 0 Å². The van der Waals surface area contributed by atoms with E-state index in [1.807, 2.05) is 30.3 Å². The molecule has 0 spiro atoms. The number of carbonyl (C=O) groups excluding carboxylic acids is 4. The van der Waals surface area contributed by atoms with Gasteiger partial charge in [0.1, 0.15) is 6.04 Å². The summed E-state index contributed by atoms with van der Waals surface area (Å²) in [7, 11) is 0. The smallest absolute Gasteiger partial charge is 0.261 e. The molecule has 1 heterocycles. The van der Waals surface area contributed by atoms with Crippen LogP contribution in [0, 0.1) is 0 Å². The number of carbonyl (C=O) groups is 4. The first-order valence-corrected chi connectivity index (χ1v) is 9.94. The standard InChI is InChI=1S/C21H20BrN3O4/c22-14-8-9-15-16(12-14)21(29)25(20(15)28)10-4-7-18(26)24-17(19(23)27)11-13-5-2-1-3-6-13/h1-3,5-6,8-9,12,17H,4,7,10-11H2,(H2,23,27)(H,24,26). The monoisotopic (exact) mass is 457 g/mol. The maximum absolute atomic E-state index is 12.4. The Morgan fingerprint density at radius 2 is 1.72 bits per heavy atom.